The topological polar surface area (TPSA) is 45.0 Å². The van der Waals surface area contributed by atoms with Crippen molar-refractivity contribution >= 4 is 0 Å². The number of rotatable bonds is 8. The number of hydrogen-bond acceptors (Lipinski definition) is 5. The van der Waals surface area contributed by atoms with Gasteiger partial charge in [-0.25, -0.2) is 0 Å². The Bertz CT molecular complexity index is 205. The fraction of sp³-hybridized carbons (Fsp3) is 1.00. The molecule has 1 atom stereocenters. The lowest BCUT2D eigenvalue weighted by molar-refractivity contribution is 0.0239. The van der Waals surface area contributed by atoms with Gasteiger partial charge in [0.25, 0.3) is 0 Å². The molecule has 2 N–H and O–H groups in total. The van der Waals surface area contributed by atoms with Crippen molar-refractivity contribution in [2.45, 2.75) is 13.0 Å². The Kier molecular flexibility index (Phi) is 7.77. The van der Waals surface area contributed by atoms with Crippen molar-refractivity contribution in [1.82, 2.24) is 14.7 Å². The highest BCUT2D eigenvalue weighted by Crippen LogP contribution is 2.04. The summed E-state index contributed by atoms with van der Waals surface area (Å²) in [7, 11) is 4.26. The first-order chi connectivity index (χ1) is 8.65. The van der Waals surface area contributed by atoms with Gasteiger partial charge in [-0.15, -0.1) is 0 Å². The molecule has 1 saturated heterocycles. The third kappa shape index (κ3) is 6.11. The number of nitrogens with two attached hydrogens (primary N) is 1. The van der Waals surface area contributed by atoms with Gasteiger partial charge in [0.2, 0.25) is 0 Å². The van der Waals surface area contributed by atoms with Crippen LogP contribution in [0.5, 0.6) is 0 Å². The maximum Gasteiger partial charge on any atom is 0.0823 e. The molecule has 1 unspecified atom stereocenters. The molecule has 1 heterocycles. The van der Waals surface area contributed by atoms with Gasteiger partial charge < -0.3 is 15.4 Å². The van der Waals surface area contributed by atoms with Gasteiger partial charge in [-0.05, 0) is 21.0 Å². The van der Waals surface area contributed by atoms with E-state index in [0.29, 0.717) is 6.54 Å². The Hall–Kier alpha value is -0.200. The molecule has 0 radical (unpaired) electrons. The van der Waals surface area contributed by atoms with E-state index in [1.165, 1.54) is 6.54 Å². The first-order valence-electron chi connectivity index (χ1n) is 7.06. The van der Waals surface area contributed by atoms with E-state index in [0.717, 1.165) is 45.9 Å². The highest BCUT2D eigenvalue weighted by molar-refractivity contribution is 4.75. The molecular weight excluding hydrogens is 228 g/mol. The molecule has 0 aliphatic carbocycles. The predicted molar refractivity (Wildman–Crippen MR) is 75.9 cm³/mol. The molecule has 1 aliphatic heterocycles. The van der Waals surface area contributed by atoms with E-state index in [-0.39, 0.29) is 6.10 Å². The number of hydrogen-bond donors (Lipinski definition) is 1. The van der Waals surface area contributed by atoms with Gasteiger partial charge in [-0.2, -0.15) is 0 Å². The van der Waals surface area contributed by atoms with Crippen molar-refractivity contribution in [3.05, 3.63) is 0 Å². The molecule has 0 aromatic heterocycles. The SMILES string of the molecule is CCOC(CN)CN1CCN(CCN(C)C)CC1. The van der Waals surface area contributed by atoms with Crippen LogP contribution in [0.15, 0.2) is 0 Å². The van der Waals surface area contributed by atoms with E-state index < -0.39 is 0 Å². The Balaban J connectivity index is 2.18. The summed E-state index contributed by atoms with van der Waals surface area (Å²) in [5.41, 5.74) is 5.72. The predicted octanol–water partition coefficient (Wildman–Crippen LogP) is -0.471. The molecule has 108 valence electrons. The van der Waals surface area contributed by atoms with E-state index in [4.69, 9.17) is 10.5 Å². The summed E-state index contributed by atoms with van der Waals surface area (Å²) in [4.78, 5) is 7.25. The lowest BCUT2D eigenvalue weighted by Gasteiger charge is -2.36. The number of likely N-dealkylation sites (N-methyl/N-ethyl adjacent to an activating group) is 1. The second-order valence-corrected chi connectivity index (χ2v) is 5.26. The number of ether oxygens (including phenoxy) is 1. The minimum atomic E-state index is 0.198. The lowest BCUT2D eigenvalue weighted by Crippen LogP contribution is -2.50. The largest absolute Gasteiger partial charge is 0.376 e. The second kappa shape index (κ2) is 8.82. The maximum atomic E-state index is 5.72. The monoisotopic (exact) mass is 258 g/mol. The van der Waals surface area contributed by atoms with Crippen molar-refractivity contribution in [1.29, 1.82) is 0 Å². The molecule has 0 aromatic carbocycles. The van der Waals surface area contributed by atoms with E-state index in [9.17, 15) is 0 Å². The molecule has 0 amide bonds. The van der Waals surface area contributed by atoms with Gasteiger partial charge in [-0.3, -0.25) is 9.80 Å². The molecule has 0 aromatic rings. The summed E-state index contributed by atoms with van der Waals surface area (Å²) in [6.07, 6.45) is 0.198. The summed E-state index contributed by atoms with van der Waals surface area (Å²) in [6, 6.07) is 0. The summed E-state index contributed by atoms with van der Waals surface area (Å²) < 4.78 is 5.61. The van der Waals surface area contributed by atoms with Crippen LogP contribution in [-0.2, 0) is 4.74 Å². The fourth-order valence-corrected chi connectivity index (χ4v) is 2.26. The zero-order valence-corrected chi connectivity index (χ0v) is 12.3. The van der Waals surface area contributed by atoms with E-state index >= 15 is 0 Å². The van der Waals surface area contributed by atoms with Crippen LogP contribution < -0.4 is 5.73 Å². The van der Waals surface area contributed by atoms with Gasteiger partial charge in [-0.1, -0.05) is 0 Å². The molecule has 0 saturated carbocycles. The Labute approximate surface area is 112 Å². The zero-order valence-electron chi connectivity index (χ0n) is 12.3. The minimum Gasteiger partial charge on any atom is -0.376 e. The molecule has 18 heavy (non-hydrogen) atoms. The van der Waals surface area contributed by atoms with Gasteiger partial charge >= 0.3 is 0 Å². The number of piperazine rings is 1. The van der Waals surface area contributed by atoms with Crippen LogP contribution in [0, 0.1) is 0 Å². The molecule has 1 fully saturated rings. The van der Waals surface area contributed by atoms with E-state index in [1.807, 2.05) is 6.92 Å². The van der Waals surface area contributed by atoms with Crippen molar-refractivity contribution in [2.24, 2.45) is 5.73 Å². The summed E-state index contributed by atoms with van der Waals surface area (Å²) in [6.45, 7) is 11.3. The normalized spacial score (nSPS) is 20.5. The first kappa shape index (κ1) is 15.9. The van der Waals surface area contributed by atoms with Crippen molar-refractivity contribution in [3.63, 3.8) is 0 Å². The van der Waals surface area contributed by atoms with Gasteiger partial charge in [0.15, 0.2) is 0 Å². The standard InChI is InChI=1S/C13H30N4O/c1-4-18-13(11-14)12-17-9-7-16(8-10-17)6-5-15(2)3/h13H,4-12,14H2,1-3H3. The maximum absolute atomic E-state index is 5.72. The fourth-order valence-electron chi connectivity index (χ4n) is 2.26. The molecule has 0 bridgehead atoms. The minimum absolute atomic E-state index is 0.198. The summed E-state index contributed by atoms with van der Waals surface area (Å²) in [5.74, 6) is 0. The van der Waals surface area contributed by atoms with Crippen molar-refractivity contribution < 1.29 is 4.74 Å². The summed E-state index contributed by atoms with van der Waals surface area (Å²) >= 11 is 0. The lowest BCUT2D eigenvalue weighted by atomic mass is 10.2. The van der Waals surface area contributed by atoms with E-state index in [1.54, 1.807) is 0 Å². The highest BCUT2D eigenvalue weighted by atomic mass is 16.5. The molecule has 5 heteroatoms. The van der Waals surface area contributed by atoms with Crippen molar-refractivity contribution in [3.8, 4) is 0 Å². The van der Waals surface area contributed by atoms with Gasteiger partial charge in [0.05, 0.1) is 6.10 Å². The third-order valence-corrected chi connectivity index (χ3v) is 3.46. The Morgan fingerprint density at radius 3 is 2.28 bits per heavy atom. The Morgan fingerprint density at radius 1 is 1.17 bits per heavy atom. The van der Waals surface area contributed by atoms with Crippen LogP contribution in [0.3, 0.4) is 0 Å². The number of nitrogens with zero attached hydrogens (tertiary/aromatic N) is 3. The molecule has 1 rings (SSSR count). The quantitative estimate of drug-likeness (QED) is 0.638. The molecular formula is C13H30N4O. The van der Waals surface area contributed by atoms with Crippen LogP contribution in [0.4, 0.5) is 0 Å². The second-order valence-electron chi connectivity index (χ2n) is 5.26. The smallest absolute Gasteiger partial charge is 0.0823 e. The average molecular weight is 258 g/mol. The molecule has 0 spiro atoms. The van der Waals surface area contributed by atoms with Crippen LogP contribution in [0.2, 0.25) is 0 Å². The van der Waals surface area contributed by atoms with E-state index in [2.05, 4.69) is 28.8 Å². The van der Waals surface area contributed by atoms with Crippen LogP contribution in [0.25, 0.3) is 0 Å². The Morgan fingerprint density at radius 2 is 1.78 bits per heavy atom. The summed E-state index contributed by atoms with van der Waals surface area (Å²) in [5, 5.41) is 0. The van der Waals surface area contributed by atoms with Crippen molar-refractivity contribution in [2.75, 3.05) is 73.1 Å². The zero-order chi connectivity index (χ0) is 13.4. The third-order valence-electron chi connectivity index (χ3n) is 3.46. The highest BCUT2D eigenvalue weighted by Gasteiger charge is 2.19. The van der Waals surface area contributed by atoms with Crippen LogP contribution >= 0.6 is 0 Å². The van der Waals surface area contributed by atoms with Crippen LogP contribution in [-0.4, -0.2) is 93.9 Å². The average Bonchev–Trinajstić information content (AvgIpc) is 2.37. The van der Waals surface area contributed by atoms with Crippen LogP contribution in [0.1, 0.15) is 6.92 Å². The molecule has 1 aliphatic rings. The molecule has 5 nitrogen and oxygen atoms in total. The van der Waals surface area contributed by atoms with Gasteiger partial charge in [0.1, 0.15) is 0 Å². The first-order valence-corrected chi connectivity index (χ1v) is 7.06. The van der Waals surface area contributed by atoms with Gasteiger partial charge in [0, 0.05) is 59.0 Å².